The maximum atomic E-state index is 5.77. The quantitative estimate of drug-likeness (QED) is 0.530. The number of hydrogen-bond donors (Lipinski definition) is 3. The SMILES string of the molecule is COc1cc(NNN2CCN(C)CC2)ccc1N. The summed E-state index contributed by atoms with van der Waals surface area (Å²) in [5.74, 6) is 0.681. The van der Waals surface area contributed by atoms with Crippen LogP contribution in [0.15, 0.2) is 18.2 Å². The molecule has 0 saturated carbocycles. The Balaban J connectivity index is 1.86. The van der Waals surface area contributed by atoms with Gasteiger partial charge in [0.25, 0.3) is 0 Å². The van der Waals surface area contributed by atoms with Gasteiger partial charge in [-0.1, -0.05) is 0 Å². The van der Waals surface area contributed by atoms with Gasteiger partial charge in [-0.25, -0.2) is 5.01 Å². The zero-order valence-electron chi connectivity index (χ0n) is 10.9. The Morgan fingerprint density at radius 3 is 2.61 bits per heavy atom. The molecule has 0 bridgehead atoms. The van der Waals surface area contributed by atoms with E-state index in [0.29, 0.717) is 11.4 Å². The van der Waals surface area contributed by atoms with Gasteiger partial charge < -0.3 is 20.8 Å². The standard InChI is InChI=1S/C12H21N5O/c1-16-5-7-17(8-6-16)15-14-10-3-4-11(13)12(9-10)18-2/h3-4,9,14-15H,5-8,13H2,1-2H3. The Labute approximate surface area is 108 Å². The smallest absolute Gasteiger partial charge is 0.143 e. The number of rotatable bonds is 4. The molecule has 6 heteroatoms. The Kier molecular flexibility index (Phi) is 4.24. The van der Waals surface area contributed by atoms with E-state index in [1.807, 2.05) is 18.2 Å². The van der Waals surface area contributed by atoms with Crippen molar-refractivity contribution in [3.63, 3.8) is 0 Å². The number of nitrogen functional groups attached to an aromatic ring is 1. The van der Waals surface area contributed by atoms with Crippen molar-refractivity contribution >= 4 is 11.4 Å². The van der Waals surface area contributed by atoms with Gasteiger partial charge >= 0.3 is 0 Å². The molecule has 1 saturated heterocycles. The lowest BCUT2D eigenvalue weighted by molar-refractivity contribution is 0.115. The Morgan fingerprint density at radius 1 is 1.22 bits per heavy atom. The van der Waals surface area contributed by atoms with Crippen LogP contribution in [-0.4, -0.2) is 50.2 Å². The predicted molar refractivity (Wildman–Crippen MR) is 73.2 cm³/mol. The molecule has 0 amide bonds. The summed E-state index contributed by atoms with van der Waals surface area (Å²) in [4.78, 5) is 2.31. The topological polar surface area (TPSA) is 65.8 Å². The van der Waals surface area contributed by atoms with Gasteiger partial charge in [0, 0.05) is 32.2 Å². The molecule has 0 aliphatic carbocycles. The summed E-state index contributed by atoms with van der Waals surface area (Å²) in [6.45, 7) is 4.13. The van der Waals surface area contributed by atoms with Crippen molar-refractivity contribution in [1.82, 2.24) is 15.4 Å². The van der Waals surface area contributed by atoms with E-state index < -0.39 is 0 Å². The first-order valence-electron chi connectivity index (χ1n) is 6.07. The molecule has 0 spiro atoms. The van der Waals surface area contributed by atoms with Crippen LogP contribution in [0.3, 0.4) is 0 Å². The van der Waals surface area contributed by atoms with Crippen LogP contribution in [0.2, 0.25) is 0 Å². The number of nitrogens with two attached hydrogens (primary N) is 1. The third-order valence-electron chi connectivity index (χ3n) is 3.10. The van der Waals surface area contributed by atoms with Crippen LogP contribution in [0.5, 0.6) is 5.75 Å². The van der Waals surface area contributed by atoms with Crippen molar-refractivity contribution in [1.29, 1.82) is 0 Å². The molecule has 1 aromatic carbocycles. The largest absolute Gasteiger partial charge is 0.495 e. The molecule has 1 aromatic rings. The maximum absolute atomic E-state index is 5.77. The molecule has 0 radical (unpaired) electrons. The van der Waals surface area contributed by atoms with Crippen molar-refractivity contribution in [2.24, 2.45) is 0 Å². The summed E-state index contributed by atoms with van der Waals surface area (Å²) < 4.78 is 5.18. The average Bonchev–Trinajstić information content (AvgIpc) is 2.39. The molecule has 1 aliphatic rings. The second-order valence-electron chi connectivity index (χ2n) is 4.48. The highest BCUT2D eigenvalue weighted by Gasteiger charge is 2.12. The van der Waals surface area contributed by atoms with Gasteiger partial charge in [-0.05, 0) is 19.2 Å². The highest BCUT2D eigenvalue weighted by Crippen LogP contribution is 2.24. The fourth-order valence-electron chi connectivity index (χ4n) is 1.85. The summed E-state index contributed by atoms with van der Waals surface area (Å²) in [6.07, 6.45) is 0. The third-order valence-corrected chi connectivity index (χ3v) is 3.10. The van der Waals surface area contributed by atoms with Crippen LogP contribution < -0.4 is 21.4 Å². The minimum Gasteiger partial charge on any atom is -0.495 e. The molecular weight excluding hydrogens is 230 g/mol. The molecule has 4 N–H and O–H groups in total. The number of anilines is 2. The minimum absolute atomic E-state index is 0.641. The minimum atomic E-state index is 0.641. The van der Waals surface area contributed by atoms with Gasteiger partial charge in [0.05, 0.1) is 18.5 Å². The number of hydrazine groups is 2. The summed E-state index contributed by atoms with van der Waals surface area (Å²) in [5, 5.41) is 2.16. The fraction of sp³-hybridized carbons (Fsp3) is 0.500. The predicted octanol–water partition coefficient (Wildman–Crippen LogP) is 0.356. The van der Waals surface area contributed by atoms with E-state index in [1.54, 1.807) is 7.11 Å². The third kappa shape index (κ3) is 3.25. The Hall–Kier alpha value is -1.50. The molecule has 0 unspecified atom stereocenters. The second-order valence-corrected chi connectivity index (χ2v) is 4.48. The molecule has 2 rings (SSSR count). The fourth-order valence-corrected chi connectivity index (χ4v) is 1.85. The first-order chi connectivity index (χ1) is 8.69. The summed E-state index contributed by atoms with van der Waals surface area (Å²) in [6, 6.07) is 5.62. The molecule has 1 aliphatic heterocycles. The van der Waals surface area contributed by atoms with E-state index in [2.05, 4.69) is 27.9 Å². The number of piperazine rings is 1. The lowest BCUT2D eigenvalue weighted by atomic mass is 10.2. The van der Waals surface area contributed by atoms with Gasteiger partial charge in [0.1, 0.15) is 5.75 Å². The molecule has 0 atom stereocenters. The van der Waals surface area contributed by atoms with Gasteiger partial charge in [-0.3, -0.25) is 0 Å². The zero-order chi connectivity index (χ0) is 13.0. The van der Waals surface area contributed by atoms with Crippen LogP contribution in [-0.2, 0) is 0 Å². The van der Waals surface area contributed by atoms with E-state index in [4.69, 9.17) is 10.5 Å². The zero-order valence-corrected chi connectivity index (χ0v) is 10.9. The second kappa shape index (κ2) is 5.90. The maximum Gasteiger partial charge on any atom is 0.143 e. The average molecular weight is 251 g/mol. The summed E-state index contributed by atoms with van der Waals surface area (Å²) >= 11 is 0. The molecule has 18 heavy (non-hydrogen) atoms. The van der Waals surface area contributed by atoms with Gasteiger partial charge in [0.2, 0.25) is 0 Å². The Bertz CT molecular complexity index is 390. The number of hydrogen-bond acceptors (Lipinski definition) is 6. The number of nitrogens with zero attached hydrogens (tertiary/aromatic N) is 2. The van der Waals surface area contributed by atoms with E-state index in [0.717, 1.165) is 31.9 Å². The van der Waals surface area contributed by atoms with Gasteiger partial charge in [-0.15, -0.1) is 0 Å². The van der Waals surface area contributed by atoms with E-state index in [1.165, 1.54) is 0 Å². The first-order valence-corrected chi connectivity index (χ1v) is 6.07. The normalized spacial score (nSPS) is 17.7. The lowest BCUT2D eigenvalue weighted by Gasteiger charge is -2.32. The highest BCUT2D eigenvalue weighted by molar-refractivity contribution is 5.60. The van der Waals surface area contributed by atoms with Gasteiger partial charge in [-0.2, -0.15) is 5.53 Å². The first kappa shape index (κ1) is 12.9. The Morgan fingerprint density at radius 2 is 1.94 bits per heavy atom. The van der Waals surface area contributed by atoms with Gasteiger partial charge in [0.15, 0.2) is 0 Å². The van der Waals surface area contributed by atoms with Crippen molar-refractivity contribution in [3.05, 3.63) is 18.2 Å². The number of likely N-dealkylation sites (N-methyl/N-ethyl adjacent to an activating group) is 1. The van der Waals surface area contributed by atoms with Crippen LogP contribution in [0.1, 0.15) is 0 Å². The van der Waals surface area contributed by atoms with E-state index in [-0.39, 0.29) is 0 Å². The van der Waals surface area contributed by atoms with Crippen LogP contribution in [0, 0.1) is 0 Å². The van der Waals surface area contributed by atoms with E-state index in [9.17, 15) is 0 Å². The molecule has 6 nitrogen and oxygen atoms in total. The molecule has 100 valence electrons. The number of ether oxygens (including phenoxy) is 1. The van der Waals surface area contributed by atoms with E-state index >= 15 is 0 Å². The van der Waals surface area contributed by atoms with Crippen molar-refractivity contribution in [2.75, 3.05) is 51.5 Å². The lowest BCUT2D eigenvalue weighted by Crippen LogP contribution is -2.52. The molecule has 1 heterocycles. The highest BCUT2D eigenvalue weighted by atomic mass is 16.5. The van der Waals surface area contributed by atoms with Crippen molar-refractivity contribution in [2.45, 2.75) is 0 Å². The monoisotopic (exact) mass is 251 g/mol. The summed E-state index contributed by atoms with van der Waals surface area (Å²) in [7, 11) is 3.75. The number of benzene rings is 1. The van der Waals surface area contributed by atoms with Crippen molar-refractivity contribution in [3.8, 4) is 5.75 Å². The van der Waals surface area contributed by atoms with Crippen LogP contribution in [0.4, 0.5) is 11.4 Å². The number of methoxy groups -OCH3 is 1. The summed E-state index contributed by atoms with van der Waals surface area (Å²) in [5.41, 5.74) is 13.7. The van der Waals surface area contributed by atoms with Crippen LogP contribution in [0.25, 0.3) is 0 Å². The molecular formula is C12H21N5O. The molecule has 1 fully saturated rings. The molecule has 0 aromatic heterocycles. The van der Waals surface area contributed by atoms with Crippen molar-refractivity contribution < 1.29 is 4.74 Å². The number of nitrogens with one attached hydrogen (secondary N) is 2. The van der Waals surface area contributed by atoms with Crippen LogP contribution >= 0.6 is 0 Å².